The van der Waals surface area contributed by atoms with Gasteiger partial charge in [-0.05, 0) is 25.7 Å². The van der Waals surface area contributed by atoms with E-state index in [2.05, 4.69) is 33.0 Å². The van der Waals surface area contributed by atoms with E-state index in [9.17, 15) is 0 Å². The number of hydrogen-bond donors (Lipinski definition) is 1. The minimum Gasteiger partial charge on any atom is -0.384 e. The molecule has 4 atom stereocenters. The Hall–Kier alpha value is -0.120. The van der Waals surface area contributed by atoms with Crippen molar-refractivity contribution < 1.29 is 9.47 Å². The lowest BCUT2D eigenvalue weighted by Crippen LogP contribution is -2.62. The zero-order chi connectivity index (χ0) is 12.9. The van der Waals surface area contributed by atoms with Gasteiger partial charge in [-0.15, -0.1) is 0 Å². The van der Waals surface area contributed by atoms with Gasteiger partial charge in [-0.1, -0.05) is 20.8 Å². The van der Waals surface area contributed by atoms with Crippen molar-refractivity contribution in [2.45, 2.75) is 52.7 Å². The van der Waals surface area contributed by atoms with E-state index in [1.807, 2.05) is 0 Å². The lowest BCUT2D eigenvalue weighted by Gasteiger charge is -2.54. The van der Waals surface area contributed by atoms with Crippen molar-refractivity contribution in [1.29, 1.82) is 0 Å². The molecule has 0 amide bonds. The van der Waals surface area contributed by atoms with Crippen LogP contribution in [0.15, 0.2) is 0 Å². The summed E-state index contributed by atoms with van der Waals surface area (Å²) in [6.45, 7) is 11.6. The third-order valence-electron chi connectivity index (χ3n) is 4.27. The Morgan fingerprint density at radius 1 is 1.41 bits per heavy atom. The van der Waals surface area contributed by atoms with Gasteiger partial charge in [0.25, 0.3) is 0 Å². The summed E-state index contributed by atoms with van der Waals surface area (Å²) in [5, 5.41) is 3.67. The van der Waals surface area contributed by atoms with E-state index in [-0.39, 0.29) is 0 Å². The van der Waals surface area contributed by atoms with Crippen LogP contribution in [0.1, 0.15) is 40.5 Å². The van der Waals surface area contributed by atoms with E-state index in [0.29, 0.717) is 23.5 Å². The third-order valence-corrected chi connectivity index (χ3v) is 4.27. The molecular formula is C14H29NO2. The zero-order valence-corrected chi connectivity index (χ0v) is 12.1. The zero-order valence-electron chi connectivity index (χ0n) is 12.1. The molecule has 0 aromatic heterocycles. The average molecular weight is 243 g/mol. The van der Waals surface area contributed by atoms with Gasteiger partial charge in [0.15, 0.2) is 0 Å². The van der Waals surface area contributed by atoms with Crippen molar-refractivity contribution in [2.75, 3.05) is 26.9 Å². The Morgan fingerprint density at radius 2 is 2.12 bits per heavy atom. The van der Waals surface area contributed by atoms with Crippen LogP contribution in [0.2, 0.25) is 0 Å². The fraction of sp³-hybridized carbons (Fsp3) is 1.00. The molecule has 0 spiro atoms. The number of ether oxygens (including phenoxy) is 2. The fourth-order valence-electron chi connectivity index (χ4n) is 2.75. The summed E-state index contributed by atoms with van der Waals surface area (Å²) in [5.74, 6) is 0.576. The molecule has 0 radical (unpaired) electrons. The molecule has 4 unspecified atom stereocenters. The Bertz CT molecular complexity index is 222. The highest BCUT2D eigenvalue weighted by atomic mass is 16.5. The highest BCUT2D eigenvalue weighted by Crippen LogP contribution is 2.45. The monoisotopic (exact) mass is 243 g/mol. The number of nitrogens with one attached hydrogen (secondary N) is 1. The van der Waals surface area contributed by atoms with E-state index in [0.717, 1.165) is 26.2 Å². The highest BCUT2D eigenvalue weighted by Gasteiger charge is 2.50. The molecule has 1 saturated carbocycles. The van der Waals surface area contributed by atoms with Crippen LogP contribution < -0.4 is 5.32 Å². The van der Waals surface area contributed by atoms with E-state index < -0.39 is 0 Å². The van der Waals surface area contributed by atoms with Gasteiger partial charge >= 0.3 is 0 Å². The first-order valence-electron chi connectivity index (χ1n) is 6.92. The summed E-state index contributed by atoms with van der Waals surface area (Å²) in [7, 11) is 1.77. The smallest absolute Gasteiger partial charge is 0.0658 e. The minimum absolute atomic E-state index is 0.308. The van der Waals surface area contributed by atoms with Crippen LogP contribution in [-0.4, -0.2) is 39.0 Å². The molecule has 0 aliphatic heterocycles. The molecule has 0 aromatic carbocycles. The second-order valence-corrected chi connectivity index (χ2v) is 5.56. The number of hydrogen-bond acceptors (Lipinski definition) is 3. The molecule has 0 heterocycles. The summed E-state index contributed by atoms with van der Waals surface area (Å²) < 4.78 is 11.0. The van der Waals surface area contributed by atoms with Crippen molar-refractivity contribution in [1.82, 2.24) is 5.32 Å². The van der Waals surface area contributed by atoms with E-state index in [1.165, 1.54) is 6.42 Å². The summed E-state index contributed by atoms with van der Waals surface area (Å²) in [6.07, 6.45) is 2.76. The van der Waals surface area contributed by atoms with Crippen LogP contribution >= 0.6 is 0 Å². The maximum absolute atomic E-state index is 5.80. The second-order valence-electron chi connectivity index (χ2n) is 5.56. The topological polar surface area (TPSA) is 30.5 Å². The molecule has 0 aromatic rings. The van der Waals surface area contributed by atoms with E-state index >= 15 is 0 Å². The van der Waals surface area contributed by atoms with Gasteiger partial charge in [-0.3, -0.25) is 0 Å². The van der Waals surface area contributed by atoms with Crippen LogP contribution in [0.4, 0.5) is 0 Å². The van der Waals surface area contributed by atoms with Gasteiger partial charge < -0.3 is 14.8 Å². The maximum atomic E-state index is 5.80. The standard InChI is InChI=1S/C14H29NO2/c1-6-14(4)12(8-13(14)17-7-2)15-9-11(3)10-16-5/h11-13,15H,6-10H2,1-5H3. The Morgan fingerprint density at radius 3 is 2.65 bits per heavy atom. The van der Waals surface area contributed by atoms with Crippen LogP contribution in [0.5, 0.6) is 0 Å². The number of rotatable bonds is 8. The van der Waals surface area contributed by atoms with E-state index in [4.69, 9.17) is 9.47 Å². The van der Waals surface area contributed by atoms with Crippen molar-refractivity contribution in [3.8, 4) is 0 Å². The molecule has 1 aliphatic carbocycles. The highest BCUT2D eigenvalue weighted by molar-refractivity contribution is 5.04. The molecule has 0 bridgehead atoms. The van der Waals surface area contributed by atoms with Crippen LogP contribution in [0.3, 0.4) is 0 Å². The van der Waals surface area contributed by atoms with E-state index in [1.54, 1.807) is 7.11 Å². The van der Waals surface area contributed by atoms with Gasteiger partial charge in [0.2, 0.25) is 0 Å². The molecule has 3 nitrogen and oxygen atoms in total. The lowest BCUT2D eigenvalue weighted by molar-refractivity contribution is -0.126. The fourth-order valence-corrected chi connectivity index (χ4v) is 2.75. The van der Waals surface area contributed by atoms with Gasteiger partial charge in [-0.25, -0.2) is 0 Å². The Kier molecular flexibility index (Phi) is 5.90. The maximum Gasteiger partial charge on any atom is 0.0658 e. The first kappa shape index (κ1) is 14.9. The van der Waals surface area contributed by atoms with Gasteiger partial charge in [-0.2, -0.15) is 0 Å². The van der Waals surface area contributed by atoms with Crippen molar-refractivity contribution in [2.24, 2.45) is 11.3 Å². The first-order chi connectivity index (χ1) is 8.08. The summed E-state index contributed by atoms with van der Waals surface area (Å²) >= 11 is 0. The first-order valence-corrected chi connectivity index (χ1v) is 6.92. The van der Waals surface area contributed by atoms with Crippen molar-refractivity contribution in [3.63, 3.8) is 0 Å². The summed E-state index contributed by atoms with van der Waals surface area (Å²) in [6, 6.07) is 0.600. The predicted octanol–water partition coefficient (Wildman–Crippen LogP) is 2.45. The average Bonchev–Trinajstić information content (AvgIpc) is 2.32. The quantitative estimate of drug-likeness (QED) is 0.710. The molecule has 1 rings (SSSR count). The summed E-state index contributed by atoms with van der Waals surface area (Å²) in [4.78, 5) is 0. The second kappa shape index (κ2) is 6.72. The van der Waals surface area contributed by atoms with Crippen LogP contribution in [0, 0.1) is 11.3 Å². The Balaban J connectivity index is 2.35. The summed E-state index contributed by atoms with van der Waals surface area (Å²) in [5.41, 5.74) is 0.308. The van der Waals surface area contributed by atoms with Gasteiger partial charge in [0, 0.05) is 38.3 Å². The molecular weight excluding hydrogens is 214 g/mol. The SMILES string of the molecule is CCOC1CC(NCC(C)COC)C1(C)CC. The van der Waals surface area contributed by atoms with Gasteiger partial charge in [0.05, 0.1) is 6.10 Å². The van der Waals surface area contributed by atoms with Crippen LogP contribution in [0.25, 0.3) is 0 Å². The number of methoxy groups -OCH3 is 1. The molecule has 1 N–H and O–H groups in total. The van der Waals surface area contributed by atoms with Crippen molar-refractivity contribution >= 4 is 0 Å². The van der Waals surface area contributed by atoms with Crippen molar-refractivity contribution in [3.05, 3.63) is 0 Å². The van der Waals surface area contributed by atoms with Gasteiger partial charge in [0.1, 0.15) is 0 Å². The lowest BCUT2D eigenvalue weighted by atomic mass is 9.61. The normalized spacial score (nSPS) is 34.4. The molecule has 17 heavy (non-hydrogen) atoms. The Labute approximate surface area is 106 Å². The minimum atomic E-state index is 0.308. The third kappa shape index (κ3) is 3.43. The largest absolute Gasteiger partial charge is 0.384 e. The molecule has 3 heteroatoms. The molecule has 1 aliphatic rings. The molecule has 102 valence electrons. The predicted molar refractivity (Wildman–Crippen MR) is 71.3 cm³/mol. The molecule has 1 fully saturated rings. The molecule has 0 saturated heterocycles. The van der Waals surface area contributed by atoms with Crippen LogP contribution in [-0.2, 0) is 9.47 Å².